The quantitative estimate of drug-likeness (QED) is 0.609. The Kier molecular flexibility index (Phi) is 4.88. The molecule has 0 aliphatic rings. The van der Waals surface area contributed by atoms with Crippen LogP contribution < -0.4 is 0 Å². The van der Waals surface area contributed by atoms with E-state index in [0.717, 1.165) is 12.8 Å². The predicted molar refractivity (Wildman–Crippen MR) is 76.2 cm³/mol. The van der Waals surface area contributed by atoms with Gasteiger partial charge in [-0.1, -0.05) is 42.5 Å². The molecule has 20 heavy (non-hydrogen) atoms. The fourth-order valence-corrected chi connectivity index (χ4v) is 1.97. The molecule has 0 bridgehead atoms. The van der Waals surface area contributed by atoms with Crippen molar-refractivity contribution in [3.05, 3.63) is 71.0 Å². The molecule has 2 aromatic rings. The molecule has 0 unspecified atom stereocenters. The van der Waals surface area contributed by atoms with Crippen LogP contribution in [0.5, 0.6) is 0 Å². The van der Waals surface area contributed by atoms with Crippen molar-refractivity contribution in [2.45, 2.75) is 19.8 Å². The molecule has 0 fully saturated rings. The first-order valence-electron chi connectivity index (χ1n) is 6.64. The smallest absolute Gasteiger partial charge is 0.341 e. The Morgan fingerprint density at radius 1 is 1.10 bits per heavy atom. The molecule has 2 rings (SSSR count). The molecule has 0 spiro atoms. The van der Waals surface area contributed by atoms with Crippen molar-refractivity contribution in [2.75, 3.05) is 6.61 Å². The summed E-state index contributed by atoms with van der Waals surface area (Å²) in [4.78, 5) is 11.8. The van der Waals surface area contributed by atoms with E-state index in [4.69, 9.17) is 4.74 Å². The van der Waals surface area contributed by atoms with Gasteiger partial charge in [0.25, 0.3) is 0 Å². The maximum absolute atomic E-state index is 13.7. The number of aryl methyl sites for hydroxylation is 2. The van der Waals surface area contributed by atoms with Gasteiger partial charge in [-0.15, -0.1) is 0 Å². The van der Waals surface area contributed by atoms with Gasteiger partial charge in [-0.25, -0.2) is 9.18 Å². The van der Waals surface area contributed by atoms with Crippen LogP contribution >= 0.6 is 0 Å². The van der Waals surface area contributed by atoms with Crippen molar-refractivity contribution in [2.24, 2.45) is 0 Å². The number of hydrogen-bond acceptors (Lipinski definition) is 2. The summed E-state index contributed by atoms with van der Waals surface area (Å²) in [7, 11) is 0. The zero-order valence-corrected chi connectivity index (χ0v) is 11.4. The second-order valence-electron chi connectivity index (χ2n) is 4.66. The molecule has 0 aliphatic carbocycles. The molecule has 0 saturated carbocycles. The standard InChI is InChI=1S/C17H17FO2/c1-13-7-5-11-15(16(13)18)17(19)20-12-6-10-14-8-3-2-4-9-14/h2-5,7-9,11H,6,10,12H2,1H3. The molecule has 2 aromatic carbocycles. The second-order valence-corrected chi connectivity index (χ2v) is 4.66. The monoisotopic (exact) mass is 272 g/mol. The van der Waals surface area contributed by atoms with E-state index in [0.29, 0.717) is 12.2 Å². The minimum Gasteiger partial charge on any atom is -0.462 e. The molecule has 0 saturated heterocycles. The van der Waals surface area contributed by atoms with E-state index >= 15 is 0 Å². The van der Waals surface area contributed by atoms with Gasteiger partial charge in [-0.05, 0) is 37.0 Å². The Morgan fingerprint density at radius 3 is 2.60 bits per heavy atom. The third-order valence-corrected chi connectivity index (χ3v) is 3.10. The zero-order chi connectivity index (χ0) is 14.4. The van der Waals surface area contributed by atoms with Crippen LogP contribution in [-0.4, -0.2) is 12.6 Å². The highest BCUT2D eigenvalue weighted by Gasteiger charge is 2.14. The third kappa shape index (κ3) is 3.67. The number of esters is 1. The molecule has 0 amide bonds. The second kappa shape index (κ2) is 6.85. The summed E-state index contributed by atoms with van der Waals surface area (Å²) in [6.45, 7) is 1.92. The van der Waals surface area contributed by atoms with E-state index in [1.54, 1.807) is 19.1 Å². The summed E-state index contributed by atoms with van der Waals surface area (Å²) in [6.07, 6.45) is 1.56. The molecule has 0 atom stereocenters. The number of benzene rings is 2. The van der Waals surface area contributed by atoms with Gasteiger partial charge in [-0.2, -0.15) is 0 Å². The van der Waals surface area contributed by atoms with Gasteiger partial charge in [0.1, 0.15) is 5.82 Å². The molecular formula is C17H17FO2. The Labute approximate surface area is 118 Å². The highest BCUT2D eigenvalue weighted by Crippen LogP contribution is 2.13. The average molecular weight is 272 g/mol. The molecular weight excluding hydrogens is 255 g/mol. The average Bonchev–Trinajstić information content (AvgIpc) is 2.47. The fraction of sp³-hybridized carbons (Fsp3) is 0.235. The lowest BCUT2D eigenvalue weighted by atomic mass is 10.1. The summed E-state index contributed by atoms with van der Waals surface area (Å²) in [5.41, 5.74) is 1.65. The Balaban J connectivity index is 1.82. The Morgan fingerprint density at radius 2 is 1.85 bits per heavy atom. The molecule has 0 radical (unpaired) electrons. The molecule has 0 aromatic heterocycles. The maximum Gasteiger partial charge on any atom is 0.341 e. The predicted octanol–water partition coefficient (Wildman–Crippen LogP) is 3.92. The lowest BCUT2D eigenvalue weighted by Crippen LogP contribution is -2.09. The van der Waals surface area contributed by atoms with Gasteiger partial charge in [0.15, 0.2) is 0 Å². The molecule has 104 valence electrons. The van der Waals surface area contributed by atoms with E-state index in [1.165, 1.54) is 11.6 Å². The van der Waals surface area contributed by atoms with E-state index in [-0.39, 0.29) is 5.56 Å². The first-order chi connectivity index (χ1) is 9.68. The van der Waals surface area contributed by atoms with Gasteiger partial charge in [-0.3, -0.25) is 0 Å². The van der Waals surface area contributed by atoms with Gasteiger partial charge in [0, 0.05) is 0 Å². The summed E-state index contributed by atoms with van der Waals surface area (Å²) in [5.74, 6) is -1.10. The van der Waals surface area contributed by atoms with Crippen molar-refractivity contribution < 1.29 is 13.9 Å². The van der Waals surface area contributed by atoms with E-state index < -0.39 is 11.8 Å². The van der Waals surface area contributed by atoms with Gasteiger partial charge in [0.2, 0.25) is 0 Å². The van der Waals surface area contributed by atoms with E-state index in [2.05, 4.69) is 0 Å². The number of ether oxygens (including phenoxy) is 1. The number of carbonyl (C=O) groups excluding carboxylic acids is 1. The van der Waals surface area contributed by atoms with E-state index in [9.17, 15) is 9.18 Å². The highest BCUT2D eigenvalue weighted by molar-refractivity contribution is 5.89. The minimum absolute atomic E-state index is 0.00436. The summed E-state index contributed by atoms with van der Waals surface area (Å²) in [5, 5.41) is 0. The number of halogens is 1. The number of hydrogen-bond donors (Lipinski definition) is 0. The van der Waals surface area contributed by atoms with Crippen molar-refractivity contribution in [1.29, 1.82) is 0 Å². The maximum atomic E-state index is 13.7. The third-order valence-electron chi connectivity index (χ3n) is 3.10. The van der Waals surface area contributed by atoms with Crippen molar-refractivity contribution in [3.8, 4) is 0 Å². The Bertz CT molecular complexity index is 579. The SMILES string of the molecule is Cc1cccc(C(=O)OCCCc2ccccc2)c1F. The number of carbonyl (C=O) groups is 1. The van der Waals surface area contributed by atoms with Crippen molar-refractivity contribution in [3.63, 3.8) is 0 Å². The largest absolute Gasteiger partial charge is 0.462 e. The van der Waals surface area contributed by atoms with Crippen LogP contribution in [0, 0.1) is 12.7 Å². The molecule has 0 aliphatic heterocycles. The van der Waals surface area contributed by atoms with Crippen LogP contribution in [0.3, 0.4) is 0 Å². The summed E-state index contributed by atoms with van der Waals surface area (Å²) >= 11 is 0. The minimum atomic E-state index is -0.598. The van der Waals surface area contributed by atoms with Crippen LogP contribution in [0.25, 0.3) is 0 Å². The van der Waals surface area contributed by atoms with Crippen LogP contribution in [0.4, 0.5) is 4.39 Å². The Hall–Kier alpha value is -2.16. The van der Waals surface area contributed by atoms with Crippen LogP contribution in [-0.2, 0) is 11.2 Å². The van der Waals surface area contributed by atoms with Gasteiger partial charge >= 0.3 is 5.97 Å². The molecule has 0 heterocycles. The van der Waals surface area contributed by atoms with Gasteiger partial charge < -0.3 is 4.74 Å². The van der Waals surface area contributed by atoms with Crippen LogP contribution in [0.1, 0.15) is 27.9 Å². The van der Waals surface area contributed by atoms with E-state index in [1.807, 2.05) is 30.3 Å². The van der Waals surface area contributed by atoms with Gasteiger partial charge in [0.05, 0.1) is 12.2 Å². The highest BCUT2D eigenvalue weighted by atomic mass is 19.1. The first-order valence-corrected chi connectivity index (χ1v) is 6.64. The molecule has 0 N–H and O–H groups in total. The normalized spacial score (nSPS) is 10.3. The zero-order valence-electron chi connectivity index (χ0n) is 11.4. The van der Waals surface area contributed by atoms with Crippen LogP contribution in [0.15, 0.2) is 48.5 Å². The topological polar surface area (TPSA) is 26.3 Å². The first kappa shape index (κ1) is 14.3. The summed E-state index contributed by atoms with van der Waals surface area (Å²) < 4.78 is 18.8. The summed E-state index contributed by atoms with van der Waals surface area (Å²) in [6, 6.07) is 14.7. The lowest BCUT2D eigenvalue weighted by Gasteiger charge is -2.07. The molecule has 3 heteroatoms. The lowest BCUT2D eigenvalue weighted by molar-refractivity contribution is 0.0495. The van der Waals surface area contributed by atoms with Crippen molar-refractivity contribution >= 4 is 5.97 Å². The van der Waals surface area contributed by atoms with Crippen LogP contribution in [0.2, 0.25) is 0 Å². The fourth-order valence-electron chi connectivity index (χ4n) is 1.97. The molecule has 2 nitrogen and oxygen atoms in total. The number of rotatable bonds is 5. The van der Waals surface area contributed by atoms with Crippen molar-refractivity contribution in [1.82, 2.24) is 0 Å².